The van der Waals surface area contributed by atoms with E-state index in [4.69, 9.17) is 4.74 Å². The van der Waals surface area contributed by atoms with Gasteiger partial charge < -0.3 is 20.3 Å². The minimum atomic E-state index is -0.657. The number of aliphatic hydroxyl groups excluding tert-OH is 2. The Hall–Kier alpha value is -1.14. The molecule has 0 aromatic rings. The van der Waals surface area contributed by atoms with Crippen LogP contribution >= 0.6 is 0 Å². The molecule has 2 atom stereocenters. The van der Waals surface area contributed by atoms with Crippen LogP contribution in [0.1, 0.15) is 438 Å². The summed E-state index contributed by atoms with van der Waals surface area (Å²) in [6.45, 7) is 4.99. The lowest BCUT2D eigenvalue weighted by Gasteiger charge is -2.22. The van der Waals surface area contributed by atoms with Crippen LogP contribution in [-0.2, 0) is 14.3 Å². The molecule has 0 fully saturated rings. The van der Waals surface area contributed by atoms with Gasteiger partial charge in [0.05, 0.1) is 25.4 Å². The van der Waals surface area contributed by atoms with Gasteiger partial charge in [-0.15, -0.1) is 0 Å². The van der Waals surface area contributed by atoms with Gasteiger partial charge in [-0.05, 0) is 25.7 Å². The van der Waals surface area contributed by atoms with Gasteiger partial charge >= 0.3 is 5.97 Å². The molecule has 0 spiro atoms. The van der Waals surface area contributed by atoms with Gasteiger partial charge in [-0.2, -0.15) is 0 Å². The van der Waals surface area contributed by atoms with Crippen LogP contribution in [0.3, 0.4) is 0 Å². The monoisotopic (exact) mass is 1130 g/mol. The van der Waals surface area contributed by atoms with Crippen molar-refractivity contribution in [1.29, 1.82) is 0 Å². The molecule has 0 saturated heterocycles. The molecule has 1 amide bonds. The maximum atomic E-state index is 12.5. The first kappa shape index (κ1) is 78.9. The molecule has 0 radical (unpaired) electrons. The minimum Gasteiger partial charge on any atom is -0.466 e. The maximum Gasteiger partial charge on any atom is 0.305 e. The highest BCUT2D eigenvalue weighted by molar-refractivity contribution is 5.76. The molecule has 0 aliphatic rings. The average Bonchev–Trinajstić information content (AvgIpc) is 3.46. The van der Waals surface area contributed by atoms with Crippen molar-refractivity contribution in [2.75, 3.05) is 13.2 Å². The first-order valence-corrected chi connectivity index (χ1v) is 37.3. The van der Waals surface area contributed by atoms with Gasteiger partial charge in [0.1, 0.15) is 0 Å². The normalized spacial score (nSPS) is 12.4. The van der Waals surface area contributed by atoms with E-state index in [1.165, 1.54) is 366 Å². The van der Waals surface area contributed by atoms with Gasteiger partial charge in [-0.1, -0.05) is 399 Å². The molecule has 3 N–H and O–H groups in total. The zero-order valence-corrected chi connectivity index (χ0v) is 54.9. The van der Waals surface area contributed by atoms with Crippen molar-refractivity contribution in [2.45, 2.75) is 450 Å². The molecular formula is C74H147NO5. The fourth-order valence-corrected chi connectivity index (χ4v) is 12.2. The van der Waals surface area contributed by atoms with Crippen LogP contribution in [0, 0.1) is 0 Å². The van der Waals surface area contributed by atoms with Crippen molar-refractivity contribution in [2.24, 2.45) is 0 Å². The second-order valence-electron chi connectivity index (χ2n) is 26.0. The van der Waals surface area contributed by atoms with Gasteiger partial charge in [0.2, 0.25) is 5.91 Å². The Morgan fingerprint density at radius 1 is 0.300 bits per heavy atom. The molecule has 0 aromatic heterocycles. The summed E-state index contributed by atoms with van der Waals surface area (Å²) < 4.78 is 5.49. The summed E-state index contributed by atoms with van der Waals surface area (Å²) >= 11 is 0. The van der Waals surface area contributed by atoms with Gasteiger partial charge in [0, 0.05) is 12.8 Å². The Kier molecular flexibility index (Phi) is 69.3. The summed E-state index contributed by atoms with van der Waals surface area (Å²) in [6.07, 6.45) is 86.3. The summed E-state index contributed by atoms with van der Waals surface area (Å²) in [5.41, 5.74) is 0. The van der Waals surface area contributed by atoms with E-state index >= 15 is 0 Å². The van der Waals surface area contributed by atoms with E-state index in [1.807, 2.05) is 0 Å². The minimum absolute atomic E-state index is 0.0258. The predicted molar refractivity (Wildman–Crippen MR) is 352 cm³/mol. The Labute approximate surface area is 502 Å². The number of nitrogens with one attached hydrogen (secondary N) is 1. The highest BCUT2D eigenvalue weighted by atomic mass is 16.5. The van der Waals surface area contributed by atoms with E-state index in [1.54, 1.807) is 0 Å². The zero-order valence-electron chi connectivity index (χ0n) is 54.9. The molecule has 0 rings (SSSR count). The molecule has 0 saturated carbocycles. The van der Waals surface area contributed by atoms with E-state index in [0.717, 1.165) is 38.5 Å². The van der Waals surface area contributed by atoms with Crippen molar-refractivity contribution >= 4 is 11.9 Å². The number of unbranched alkanes of at least 4 members (excludes halogenated alkanes) is 60. The van der Waals surface area contributed by atoms with E-state index in [2.05, 4.69) is 19.2 Å². The van der Waals surface area contributed by atoms with E-state index < -0.39 is 12.1 Å². The van der Waals surface area contributed by atoms with Gasteiger partial charge in [-0.25, -0.2) is 0 Å². The number of rotatable bonds is 71. The molecule has 80 heavy (non-hydrogen) atoms. The summed E-state index contributed by atoms with van der Waals surface area (Å²) in [5.74, 6) is -0.000602. The smallest absolute Gasteiger partial charge is 0.305 e. The molecule has 2 unspecified atom stereocenters. The fraction of sp³-hybridized carbons (Fsp3) is 0.973. The first-order chi connectivity index (χ1) is 39.5. The molecule has 6 nitrogen and oxygen atoms in total. The van der Waals surface area contributed by atoms with E-state index in [0.29, 0.717) is 25.9 Å². The van der Waals surface area contributed by atoms with Crippen LogP contribution in [0.25, 0.3) is 0 Å². The average molecular weight is 1130 g/mol. The number of carbonyl (C=O) groups is 2. The Bertz CT molecular complexity index is 1160. The van der Waals surface area contributed by atoms with Crippen LogP contribution in [0.2, 0.25) is 0 Å². The molecule has 0 heterocycles. The Morgan fingerprint density at radius 2 is 0.512 bits per heavy atom. The van der Waals surface area contributed by atoms with Crippen molar-refractivity contribution in [3.63, 3.8) is 0 Å². The van der Waals surface area contributed by atoms with Crippen LogP contribution in [-0.4, -0.2) is 47.4 Å². The fourth-order valence-electron chi connectivity index (χ4n) is 12.2. The molecule has 0 aliphatic heterocycles. The summed E-state index contributed by atoms with van der Waals surface area (Å²) in [5, 5.41) is 23.3. The molecular weight excluding hydrogens is 983 g/mol. The van der Waals surface area contributed by atoms with E-state index in [9.17, 15) is 19.8 Å². The van der Waals surface area contributed by atoms with Gasteiger partial charge in [0.25, 0.3) is 0 Å². The van der Waals surface area contributed by atoms with Crippen molar-refractivity contribution in [3.05, 3.63) is 0 Å². The number of ether oxygens (including phenoxy) is 1. The predicted octanol–water partition coefficient (Wildman–Crippen LogP) is 24.2. The van der Waals surface area contributed by atoms with Crippen LogP contribution in [0.15, 0.2) is 0 Å². The van der Waals surface area contributed by atoms with Crippen LogP contribution in [0.5, 0.6) is 0 Å². The van der Waals surface area contributed by atoms with Crippen molar-refractivity contribution < 1.29 is 24.5 Å². The topological polar surface area (TPSA) is 95.9 Å². The lowest BCUT2D eigenvalue weighted by molar-refractivity contribution is -0.143. The third kappa shape index (κ3) is 66.0. The number of aliphatic hydroxyl groups is 2. The zero-order chi connectivity index (χ0) is 57.8. The second-order valence-corrected chi connectivity index (χ2v) is 26.0. The standard InChI is InChI=1S/C74H147NO5/c1-3-5-7-9-11-13-15-46-50-54-58-62-66-72(77)71(70-76)75-73(78)67-63-59-55-51-47-44-42-40-38-36-34-32-30-28-26-24-22-20-18-17-19-21-23-25-27-29-31-33-35-37-39-41-43-45-49-53-57-61-65-69-80-74(79)68-64-60-56-52-48-16-14-12-10-8-6-4-2/h71-72,76-77H,3-70H2,1-2H3,(H,75,78). The molecule has 0 aliphatic carbocycles. The molecule has 6 heteroatoms. The Morgan fingerprint density at radius 3 is 0.762 bits per heavy atom. The van der Waals surface area contributed by atoms with E-state index in [-0.39, 0.29) is 18.5 Å². The molecule has 0 bridgehead atoms. The number of esters is 1. The SMILES string of the molecule is CCCCCCCCCCCCCCC(=O)OCCCCCCCCCCCCCCCCCCCCCCCCCCCCCCCCCCCCCCCCCC(=O)NC(CO)C(O)CCCCCCCCCCCCCC. The van der Waals surface area contributed by atoms with Crippen LogP contribution in [0.4, 0.5) is 0 Å². The van der Waals surface area contributed by atoms with Gasteiger partial charge in [-0.3, -0.25) is 9.59 Å². The Balaban J connectivity index is 3.26. The molecule has 0 aromatic carbocycles. The lowest BCUT2D eigenvalue weighted by atomic mass is 10.0. The summed E-state index contributed by atoms with van der Waals surface area (Å²) in [6, 6.07) is -0.534. The highest BCUT2D eigenvalue weighted by Crippen LogP contribution is 2.20. The highest BCUT2D eigenvalue weighted by Gasteiger charge is 2.20. The first-order valence-electron chi connectivity index (χ1n) is 37.3. The quantitative estimate of drug-likeness (QED) is 0.0417. The third-order valence-electron chi connectivity index (χ3n) is 17.9. The van der Waals surface area contributed by atoms with Gasteiger partial charge in [0.15, 0.2) is 0 Å². The molecule has 478 valence electrons. The van der Waals surface area contributed by atoms with Crippen LogP contribution < -0.4 is 5.32 Å². The van der Waals surface area contributed by atoms with Crippen molar-refractivity contribution in [3.8, 4) is 0 Å². The summed E-state index contributed by atoms with van der Waals surface area (Å²) in [4.78, 5) is 24.5. The number of amides is 1. The lowest BCUT2D eigenvalue weighted by Crippen LogP contribution is -2.45. The third-order valence-corrected chi connectivity index (χ3v) is 17.9. The number of hydrogen-bond donors (Lipinski definition) is 3. The number of hydrogen-bond acceptors (Lipinski definition) is 5. The number of carbonyl (C=O) groups excluding carboxylic acids is 2. The van der Waals surface area contributed by atoms with Crippen molar-refractivity contribution in [1.82, 2.24) is 5.32 Å². The summed E-state index contributed by atoms with van der Waals surface area (Å²) in [7, 11) is 0. The second kappa shape index (κ2) is 70.3. The maximum absolute atomic E-state index is 12.5. The largest absolute Gasteiger partial charge is 0.466 e.